The topological polar surface area (TPSA) is 44.8 Å². The monoisotopic (exact) mass is 400 g/mol. The van der Waals surface area contributed by atoms with Crippen LogP contribution in [0.3, 0.4) is 0 Å². The van der Waals surface area contributed by atoms with Gasteiger partial charge >= 0.3 is 5.97 Å². The molecular formula is C21H27F3O4. The zero-order chi connectivity index (χ0) is 20.1. The van der Waals surface area contributed by atoms with Gasteiger partial charge in [-0.2, -0.15) is 0 Å². The SMILES string of the molecule is CCCC1(COC(=O)C2CCC(COc3cc(F)c(F)c(F)c3)CC2)COC1. The molecule has 1 aliphatic heterocycles. The average molecular weight is 400 g/mol. The van der Waals surface area contributed by atoms with Crippen LogP contribution in [-0.2, 0) is 14.3 Å². The molecule has 0 spiro atoms. The summed E-state index contributed by atoms with van der Waals surface area (Å²) in [6, 6.07) is 1.69. The van der Waals surface area contributed by atoms with Crippen molar-refractivity contribution >= 4 is 5.97 Å². The molecule has 1 aromatic carbocycles. The van der Waals surface area contributed by atoms with Crippen molar-refractivity contribution in [2.75, 3.05) is 26.4 Å². The molecule has 3 rings (SSSR count). The van der Waals surface area contributed by atoms with Gasteiger partial charge in [-0.25, -0.2) is 13.2 Å². The lowest BCUT2D eigenvalue weighted by Crippen LogP contribution is -2.47. The number of benzene rings is 1. The largest absolute Gasteiger partial charge is 0.493 e. The Morgan fingerprint density at radius 2 is 1.79 bits per heavy atom. The van der Waals surface area contributed by atoms with E-state index in [1.54, 1.807) is 0 Å². The molecule has 4 nitrogen and oxygen atoms in total. The highest BCUT2D eigenvalue weighted by molar-refractivity contribution is 5.72. The van der Waals surface area contributed by atoms with Crippen LogP contribution in [0.5, 0.6) is 5.75 Å². The summed E-state index contributed by atoms with van der Waals surface area (Å²) in [5, 5.41) is 0. The number of ether oxygens (including phenoxy) is 3. The highest BCUT2D eigenvalue weighted by atomic mass is 19.2. The Labute approximate surface area is 163 Å². The van der Waals surface area contributed by atoms with Crippen LogP contribution in [0.2, 0.25) is 0 Å². The Bertz CT molecular complexity index is 659. The number of carbonyl (C=O) groups is 1. The molecule has 1 heterocycles. The highest BCUT2D eigenvalue weighted by Crippen LogP contribution is 2.35. The van der Waals surface area contributed by atoms with Gasteiger partial charge < -0.3 is 14.2 Å². The number of halogens is 3. The predicted molar refractivity (Wildman–Crippen MR) is 96.4 cm³/mol. The molecule has 0 bridgehead atoms. The highest BCUT2D eigenvalue weighted by Gasteiger charge is 2.40. The Morgan fingerprint density at radius 1 is 1.14 bits per heavy atom. The van der Waals surface area contributed by atoms with E-state index in [0.29, 0.717) is 32.7 Å². The third kappa shape index (κ3) is 4.99. The second kappa shape index (κ2) is 9.16. The fraction of sp³-hybridized carbons (Fsp3) is 0.667. The number of hydrogen-bond acceptors (Lipinski definition) is 4. The summed E-state index contributed by atoms with van der Waals surface area (Å²) in [5.41, 5.74) is -0.00480. The van der Waals surface area contributed by atoms with E-state index in [1.165, 1.54) is 0 Å². The Balaban J connectivity index is 1.40. The number of carbonyl (C=O) groups excluding carboxylic acids is 1. The van der Waals surface area contributed by atoms with Crippen LogP contribution in [0.25, 0.3) is 0 Å². The van der Waals surface area contributed by atoms with Gasteiger partial charge in [-0.3, -0.25) is 4.79 Å². The van der Waals surface area contributed by atoms with Crippen molar-refractivity contribution in [3.8, 4) is 5.75 Å². The maximum absolute atomic E-state index is 13.2. The van der Waals surface area contributed by atoms with Crippen LogP contribution in [0.15, 0.2) is 12.1 Å². The molecule has 0 unspecified atom stereocenters. The van der Waals surface area contributed by atoms with Crippen molar-refractivity contribution < 1.29 is 32.2 Å². The molecule has 0 amide bonds. The summed E-state index contributed by atoms with van der Waals surface area (Å²) in [6.45, 7) is 4.12. The van der Waals surface area contributed by atoms with Crippen LogP contribution >= 0.6 is 0 Å². The van der Waals surface area contributed by atoms with Crippen molar-refractivity contribution in [3.63, 3.8) is 0 Å². The minimum Gasteiger partial charge on any atom is -0.493 e. The molecule has 1 saturated heterocycles. The first kappa shape index (κ1) is 21.0. The first-order valence-corrected chi connectivity index (χ1v) is 9.94. The van der Waals surface area contributed by atoms with Crippen molar-refractivity contribution in [1.82, 2.24) is 0 Å². The Hall–Kier alpha value is -1.76. The third-order valence-corrected chi connectivity index (χ3v) is 5.74. The summed E-state index contributed by atoms with van der Waals surface area (Å²) in [5.74, 6) is -4.13. The smallest absolute Gasteiger partial charge is 0.308 e. The molecule has 0 aromatic heterocycles. The molecule has 7 heteroatoms. The zero-order valence-corrected chi connectivity index (χ0v) is 16.1. The number of hydrogen-bond donors (Lipinski definition) is 0. The summed E-state index contributed by atoms with van der Waals surface area (Å²) < 4.78 is 55.7. The molecule has 2 aliphatic rings. The van der Waals surface area contributed by atoms with E-state index in [1.807, 2.05) is 0 Å². The molecule has 1 saturated carbocycles. The van der Waals surface area contributed by atoms with Gasteiger partial charge in [0, 0.05) is 12.1 Å². The van der Waals surface area contributed by atoms with E-state index in [0.717, 1.165) is 37.8 Å². The van der Waals surface area contributed by atoms with Gasteiger partial charge in [0.05, 0.1) is 31.2 Å². The van der Waals surface area contributed by atoms with Crippen molar-refractivity contribution in [1.29, 1.82) is 0 Å². The molecule has 1 aromatic rings. The minimum atomic E-state index is -1.50. The van der Waals surface area contributed by atoms with Crippen LogP contribution in [0.1, 0.15) is 45.4 Å². The first-order chi connectivity index (χ1) is 13.4. The lowest BCUT2D eigenvalue weighted by atomic mass is 9.81. The molecule has 156 valence electrons. The Morgan fingerprint density at radius 3 is 2.32 bits per heavy atom. The lowest BCUT2D eigenvalue weighted by molar-refractivity contribution is -0.176. The van der Waals surface area contributed by atoms with E-state index >= 15 is 0 Å². The van der Waals surface area contributed by atoms with Crippen LogP contribution in [0.4, 0.5) is 13.2 Å². The van der Waals surface area contributed by atoms with E-state index in [2.05, 4.69) is 6.92 Å². The van der Waals surface area contributed by atoms with Gasteiger partial charge in [-0.1, -0.05) is 13.3 Å². The number of esters is 1. The summed E-state index contributed by atoms with van der Waals surface area (Å²) >= 11 is 0. The molecule has 0 atom stereocenters. The van der Waals surface area contributed by atoms with Crippen molar-refractivity contribution in [2.45, 2.75) is 45.4 Å². The fourth-order valence-corrected chi connectivity index (χ4v) is 3.96. The van der Waals surface area contributed by atoms with E-state index in [4.69, 9.17) is 14.2 Å². The van der Waals surface area contributed by atoms with Crippen molar-refractivity contribution in [3.05, 3.63) is 29.6 Å². The normalized spacial score (nSPS) is 23.7. The molecule has 0 N–H and O–H groups in total. The zero-order valence-electron chi connectivity index (χ0n) is 16.1. The summed E-state index contributed by atoms with van der Waals surface area (Å²) in [4.78, 5) is 12.4. The maximum Gasteiger partial charge on any atom is 0.308 e. The van der Waals surface area contributed by atoms with Gasteiger partial charge in [0.2, 0.25) is 0 Å². The van der Waals surface area contributed by atoms with Crippen LogP contribution < -0.4 is 4.74 Å². The third-order valence-electron chi connectivity index (χ3n) is 5.74. The predicted octanol–water partition coefficient (Wildman–Crippen LogP) is 4.65. The van der Waals surface area contributed by atoms with E-state index in [-0.39, 0.29) is 35.6 Å². The molecule has 0 radical (unpaired) electrons. The molecule has 1 aliphatic carbocycles. The quantitative estimate of drug-likeness (QED) is 0.471. The average Bonchev–Trinajstić information content (AvgIpc) is 2.66. The molecular weight excluding hydrogens is 373 g/mol. The Kier molecular flexibility index (Phi) is 6.86. The standard InChI is InChI=1S/C21H27F3O4/c1-2-7-21(11-26-12-21)13-28-20(25)15-5-3-14(4-6-15)10-27-16-8-17(22)19(24)18(23)9-16/h8-9,14-15H,2-7,10-13H2,1H3. The maximum atomic E-state index is 13.2. The molecule has 2 fully saturated rings. The van der Waals surface area contributed by atoms with Crippen molar-refractivity contribution in [2.24, 2.45) is 17.3 Å². The van der Waals surface area contributed by atoms with Crippen LogP contribution in [-0.4, -0.2) is 32.4 Å². The lowest BCUT2D eigenvalue weighted by Gasteiger charge is -2.41. The van der Waals surface area contributed by atoms with Gasteiger partial charge in [-0.05, 0) is 38.0 Å². The van der Waals surface area contributed by atoms with Crippen LogP contribution in [0, 0.1) is 34.7 Å². The second-order valence-electron chi connectivity index (χ2n) is 8.08. The van der Waals surface area contributed by atoms with Gasteiger partial charge in [0.25, 0.3) is 0 Å². The summed E-state index contributed by atoms with van der Waals surface area (Å²) in [6.07, 6.45) is 4.99. The number of rotatable bonds is 8. The second-order valence-corrected chi connectivity index (χ2v) is 8.08. The van der Waals surface area contributed by atoms with Gasteiger partial charge in [0.15, 0.2) is 17.5 Å². The first-order valence-electron chi connectivity index (χ1n) is 9.94. The van der Waals surface area contributed by atoms with Gasteiger partial charge in [-0.15, -0.1) is 0 Å². The molecule has 28 heavy (non-hydrogen) atoms. The van der Waals surface area contributed by atoms with E-state index in [9.17, 15) is 18.0 Å². The van der Waals surface area contributed by atoms with Gasteiger partial charge in [0.1, 0.15) is 12.4 Å². The van der Waals surface area contributed by atoms with E-state index < -0.39 is 17.5 Å². The summed E-state index contributed by atoms with van der Waals surface area (Å²) in [7, 11) is 0. The fourth-order valence-electron chi connectivity index (χ4n) is 3.96. The minimum absolute atomic E-state index is 0.00480.